The molecule has 0 radical (unpaired) electrons. The summed E-state index contributed by atoms with van der Waals surface area (Å²) in [4.78, 5) is 0. The Morgan fingerprint density at radius 2 is 1.67 bits per heavy atom. The molecule has 0 aliphatic heterocycles. The molecule has 1 rings (SSSR count). The highest BCUT2D eigenvalue weighted by Gasteiger charge is 2.82. The third-order valence-corrected chi connectivity index (χ3v) is 5.65. The molecule has 0 bridgehead atoms. The SMILES string of the molecule is CCC1(C(F)(F)F)C(C)C1(Br)Br. The van der Waals surface area contributed by atoms with Gasteiger partial charge in [-0.15, -0.1) is 0 Å². The number of halogens is 5. The molecule has 1 saturated carbocycles. The minimum absolute atomic E-state index is 0.105. The Labute approximate surface area is 86.2 Å². The lowest BCUT2D eigenvalue weighted by atomic mass is 10.0. The van der Waals surface area contributed by atoms with Crippen LogP contribution in [-0.4, -0.2) is 9.41 Å². The zero-order valence-corrected chi connectivity index (χ0v) is 9.85. The van der Waals surface area contributed by atoms with Crippen LogP contribution in [0, 0.1) is 11.3 Å². The van der Waals surface area contributed by atoms with E-state index in [0.717, 1.165) is 0 Å². The van der Waals surface area contributed by atoms with Gasteiger partial charge in [0.05, 0.1) is 8.65 Å². The predicted octanol–water partition coefficient (Wildman–Crippen LogP) is 4.08. The van der Waals surface area contributed by atoms with E-state index < -0.39 is 20.7 Å². The fourth-order valence-corrected chi connectivity index (χ4v) is 4.07. The number of alkyl halides is 5. The fraction of sp³-hybridized carbons (Fsp3) is 1.00. The van der Waals surface area contributed by atoms with E-state index in [0.29, 0.717) is 0 Å². The molecule has 2 atom stereocenters. The van der Waals surface area contributed by atoms with Gasteiger partial charge < -0.3 is 0 Å². The van der Waals surface area contributed by atoms with Gasteiger partial charge in [0.1, 0.15) is 0 Å². The molecule has 0 aromatic heterocycles. The van der Waals surface area contributed by atoms with Crippen LogP contribution in [0.2, 0.25) is 0 Å². The summed E-state index contributed by atoms with van der Waals surface area (Å²) >= 11 is 6.14. The van der Waals surface area contributed by atoms with Crippen molar-refractivity contribution < 1.29 is 13.2 Å². The summed E-state index contributed by atoms with van der Waals surface area (Å²) in [6.07, 6.45) is -4.03. The van der Waals surface area contributed by atoms with Gasteiger partial charge >= 0.3 is 6.18 Å². The second-order valence-electron chi connectivity index (χ2n) is 3.17. The molecule has 72 valence electrons. The molecular weight excluding hydrogens is 301 g/mol. The van der Waals surface area contributed by atoms with Crippen molar-refractivity contribution in [3.8, 4) is 0 Å². The average molecular weight is 310 g/mol. The Bertz CT molecular complexity index is 187. The van der Waals surface area contributed by atoms with Gasteiger partial charge in [0, 0.05) is 0 Å². The summed E-state index contributed by atoms with van der Waals surface area (Å²) in [5.74, 6) is -0.407. The molecule has 0 amide bonds. The van der Waals surface area contributed by atoms with E-state index in [4.69, 9.17) is 0 Å². The van der Waals surface area contributed by atoms with E-state index in [-0.39, 0.29) is 6.42 Å². The van der Waals surface area contributed by atoms with E-state index in [1.165, 1.54) is 0 Å². The molecule has 0 spiro atoms. The Kier molecular flexibility index (Phi) is 2.37. The Morgan fingerprint density at radius 1 is 1.33 bits per heavy atom. The van der Waals surface area contributed by atoms with Crippen LogP contribution in [0.25, 0.3) is 0 Å². The zero-order valence-electron chi connectivity index (χ0n) is 6.67. The third kappa shape index (κ3) is 1.01. The quantitative estimate of drug-likeness (QED) is 0.640. The molecule has 0 aromatic rings. The number of rotatable bonds is 1. The smallest absolute Gasteiger partial charge is 0.170 e. The molecule has 0 saturated heterocycles. The van der Waals surface area contributed by atoms with Gasteiger partial charge in [0.2, 0.25) is 0 Å². The van der Waals surface area contributed by atoms with Gasteiger partial charge in [-0.25, -0.2) is 0 Å². The first kappa shape index (κ1) is 10.8. The maximum absolute atomic E-state index is 12.6. The van der Waals surface area contributed by atoms with Crippen molar-refractivity contribution in [2.24, 2.45) is 11.3 Å². The summed E-state index contributed by atoms with van der Waals surface area (Å²) in [5, 5.41) is 0. The summed E-state index contributed by atoms with van der Waals surface area (Å²) in [5.41, 5.74) is -1.58. The first-order valence-electron chi connectivity index (χ1n) is 3.66. The minimum Gasteiger partial charge on any atom is -0.170 e. The lowest BCUT2D eigenvalue weighted by molar-refractivity contribution is -0.192. The minimum atomic E-state index is -4.13. The molecule has 0 aromatic carbocycles. The predicted molar refractivity (Wildman–Crippen MR) is 48.5 cm³/mol. The highest BCUT2D eigenvalue weighted by molar-refractivity contribution is 9.25. The van der Waals surface area contributed by atoms with Crippen LogP contribution in [0.15, 0.2) is 0 Å². The first-order chi connectivity index (χ1) is 5.22. The van der Waals surface area contributed by atoms with Crippen molar-refractivity contribution in [1.82, 2.24) is 0 Å². The standard InChI is InChI=1S/C7H9Br2F3/c1-3-5(7(10,11)12)4(2)6(5,8)9/h4H,3H2,1-2H3. The lowest BCUT2D eigenvalue weighted by Crippen LogP contribution is -2.29. The normalized spacial score (nSPS) is 39.8. The van der Waals surface area contributed by atoms with Crippen molar-refractivity contribution in [3.05, 3.63) is 0 Å². The first-order valence-corrected chi connectivity index (χ1v) is 5.25. The topological polar surface area (TPSA) is 0 Å². The van der Waals surface area contributed by atoms with E-state index in [1.807, 2.05) is 0 Å². The monoisotopic (exact) mass is 308 g/mol. The maximum Gasteiger partial charge on any atom is 0.397 e. The molecule has 12 heavy (non-hydrogen) atoms. The van der Waals surface area contributed by atoms with Crippen molar-refractivity contribution in [2.45, 2.75) is 29.7 Å². The number of hydrogen-bond acceptors (Lipinski definition) is 0. The van der Waals surface area contributed by atoms with Gasteiger partial charge in [-0.2, -0.15) is 13.2 Å². The summed E-state index contributed by atoms with van der Waals surface area (Å²) < 4.78 is 36.8. The van der Waals surface area contributed by atoms with E-state index in [9.17, 15) is 13.2 Å². The van der Waals surface area contributed by atoms with Gasteiger partial charge in [-0.05, 0) is 12.3 Å². The third-order valence-electron chi connectivity index (χ3n) is 2.86. The fourth-order valence-electron chi connectivity index (χ4n) is 1.82. The van der Waals surface area contributed by atoms with Crippen LogP contribution in [0.5, 0.6) is 0 Å². The van der Waals surface area contributed by atoms with E-state index in [2.05, 4.69) is 31.9 Å². The number of hydrogen-bond donors (Lipinski definition) is 0. The highest BCUT2D eigenvalue weighted by Crippen LogP contribution is 2.78. The van der Waals surface area contributed by atoms with Gasteiger partial charge in [-0.1, -0.05) is 45.7 Å². The molecule has 5 heteroatoms. The van der Waals surface area contributed by atoms with Crippen LogP contribution in [0.3, 0.4) is 0 Å². The largest absolute Gasteiger partial charge is 0.397 e. The van der Waals surface area contributed by atoms with Gasteiger partial charge in [0.25, 0.3) is 0 Å². The van der Waals surface area contributed by atoms with Crippen LogP contribution < -0.4 is 0 Å². The van der Waals surface area contributed by atoms with Crippen molar-refractivity contribution in [1.29, 1.82) is 0 Å². The van der Waals surface area contributed by atoms with Crippen LogP contribution in [0.4, 0.5) is 13.2 Å². The summed E-state index contributed by atoms with van der Waals surface area (Å²) in [6.45, 7) is 3.16. The molecule has 1 fully saturated rings. The second kappa shape index (κ2) is 2.62. The van der Waals surface area contributed by atoms with E-state index >= 15 is 0 Å². The highest BCUT2D eigenvalue weighted by atomic mass is 79.9. The Hall–Kier alpha value is 0.750. The van der Waals surface area contributed by atoms with Crippen LogP contribution >= 0.6 is 31.9 Å². The Balaban J connectivity index is 2.99. The second-order valence-corrected chi connectivity index (χ2v) is 6.73. The van der Waals surface area contributed by atoms with Crippen molar-refractivity contribution in [3.63, 3.8) is 0 Å². The molecule has 0 N–H and O–H groups in total. The Morgan fingerprint density at radius 3 is 1.67 bits per heavy atom. The zero-order chi connectivity index (χ0) is 9.78. The van der Waals surface area contributed by atoms with E-state index in [1.54, 1.807) is 13.8 Å². The van der Waals surface area contributed by atoms with Gasteiger partial charge in [-0.3, -0.25) is 0 Å². The molecule has 0 nitrogen and oxygen atoms in total. The molecule has 0 heterocycles. The summed E-state index contributed by atoms with van der Waals surface area (Å²) in [7, 11) is 0. The van der Waals surface area contributed by atoms with Crippen LogP contribution in [-0.2, 0) is 0 Å². The molecular formula is C7H9Br2F3. The molecule has 1 aliphatic carbocycles. The van der Waals surface area contributed by atoms with Gasteiger partial charge in [0.15, 0.2) is 0 Å². The maximum atomic E-state index is 12.6. The van der Waals surface area contributed by atoms with Crippen molar-refractivity contribution in [2.75, 3.05) is 0 Å². The summed E-state index contributed by atoms with van der Waals surface area (Å²) in [6, 6.07) is 0. The molecule has 2 unspecified atom stereocenters. The van der Waals surface area contributed by atoms with Crippen LogP contribution in [0.1, 0.15) is 20.3 Å². The molecule has 1 aliphatic rings. The lowest BCUT2D eigenvalue weighted by Gasteiger charge is -2.20. The average Bonchev–Trinajstić information content (AvgIpc) is 2.28. The van der Waals surface area contributed by atoms with Crippen molar-refractivity contribution >= 4 is 31.9 Å².